The number of nitrogens with one attached hydrogen (secondary N) is 2. The Morgan fingerprint density at radius 3 is 2.63 bits per heavy atom. The van der Waals surface area contributed by atoms with Gasteiger partial charge in [0.1, 0.15) is 0 Å². The van der Waals surface area contributed by atoms with Crippen LogP contribution >= 0.6 is 11.8 Å². The first kappa shape index (κ1) is 22.1. The van der Waals surface area contributed by atoms with Gasteiger partial charge in [0.15, 0.2) is 0 Å². The standard InChI is InChI=1S/C23H29N5OS/c1-17-7-8-18(13-25-17)12-21-14-26-23(27-22(21)29)24-9-10-30-16-20-6-4-5-19(11-20)15-28(2)3/h4-8,11,13-14H,9-10,12,15-16H2,1-3H3,(H2,24,26,27,29). The third-order valence-electron chi connectivity index (χ3n) is 4.54. The van der Waals surface area contributed by atoms with E-state index in [4.69, 9.17) is 0 Å². The Hall–Kier alpha value is -2.64. The van der Waals surface area contributed by atoms with Gasteiger partial charge in [-0.15, -0.1) is 0 Å². The van der Waals surface area contributed by atoms with Gasteiger partial charge in [0, 0.05) is 54.7 Å². The van der Waals surface area contributed by atoms with Crippen molar-refractivity contribution in [3.8, 4) is 0 Å². The van der Waals surface area contributed by atoms with E-state index in [9.17, 15) is 4.79 Å². The molecule has 3 rings (SSSR count). The summed E-state index contributed by atoms with van der Waals surface area (Å²) in [5.74, 6) is 2.41. The molecule has 0 bridgehead atoms. The van der Waals surface area contributed by atoms with Crippen molar-refractivity contribution in [2.45, 2.75) is 25.6 Å². The third-order valence-corrected chi connectivity index (χ3v) is 5.57. The van der Waals surface area contributed by atoms with Crippen molar-refractivity contribution in [2.24, 2.45) is 0 Å². The SMILES string of the molecule is Cc1ccc(Cc2cnc(NCCSCc3cccc(CN(C)C)c3)[nH]c2=O)cn1. The summed E-state index contributed by atoms with van der Waals surface area (Å²) >= 11 is 1.86. The number of anilines is 1. The first-order valence-electron chi connectivity index (χ1n) is 10.0. The van der Waals surface area contributed by atoms with Crippen molar-refractivity contribution in [2.75, 3.05) is 31.7 Å². The van der Waals surface area contributed by atoms with Gasteiger partial charge >= 0.3 is 0 Å². The van der Waals surface area contributed by atoms with Crippen LogP contribution in [0.25, 0.3) is 0 Å². The fourth-order valence-electron chi connectivity index (χ4n) is 3.07. The van der Waals surface area contributed by atoms with Gasteiger partial charge in [0.2, 0.25) is 5.95 Å². The summed E-state index contributed by atoms with van der Waals surface area (Å²) in [5, 5.41) is 3.20. The number of benzene rings is 1. The molecule has 0 aliphatic heterocycles. The molecular formula is C23H29N5OS. The Morgan fingerprint density at radius 1 is 1.07 bits per heavy atom. The number of thioether (sulfide) groups is 1. The van der Waals surface area contributed by atoms with E-state index in [0.29, 0.717) is 17.9 Å². The highest BCUT2D eigenvalue weighted by molar-refractivity contribution is 7.98. The van der Waals surface area contributed by atoms with Crippen molar-refractivity contribution < 1.29 is 0 Å². The Balaban J connectivity index is 1.43. The van der Waals surface area contributed by atoms with E-state index in [-0.39, 0.29) is 5.56 Å². The number of aromatic nitrogens is 3. The molecule has 0 saturated heterocycles. The number of aryl methyl sites for hydroxylation is 1. The highest BCUT2D eigenvalue weighted by atomic mass is 32.2. The number of H-pyrrole nitrogens is 1. The van der Waals surface area contributed by atoms with Crippen molar-refractivity contribution in [1.82, 2.24) is 19.9 Å². The molecule has 0 amide bonds. The van der Waals surface area contributed by atoms with Crippen LogP contribution in [0.1, 0.15) is 27.9 Å². The second kappa shape index (κ2) is 10.9. The van der Waals surface area contributed by atoms with Gasteiger partial charge in [-0.05, 0) is 43.8 Å². The van der Waals surface area contributed by atoms with E-state index in [1.54, 1.807) is 12.4 Å². The lowest BCUT2D eigenvalue weighted by Crippen LogP contribution is -2.18. The normalized spacial score (nSPS) is 11.1. The van der Waals surface area contributed by atoms with Gasteiger partial charge in [-0.3, -0.25) is 14.8 Å². The van der Waals surface area contributed by atoms with Crippen LogP contribution in [0.2, 0.25) is 0 Å². The summed E-state index contributed by atoms with van der Waals surface area (Å²) in [6, 6.07) is 12.7. The van der Waals surface area contributed by atoms with Gasteiger partial charge in [-0.2, -0.15) is 11.8 Å². The van der Waals surface area contributed by atoms with E-state index in [1.807, 2.05) is 30.8 Å². The molecule has 0 spiro atoms. The second-order valence-corrected chi connectivity index (χ2v) is 8.71. The van der Waals surface area contributed by atoms with Gasteiger partial charge in [-0.1, -0.05) is 30.3 Å². The lowest BCUT2D eigenvalue weighted by Gasteiger charge is -2.11. The van der Waals surface area contributed by atoms with Crippen molar-refractivity contribution >= 4 is 17.7 Å². The molecule has 0 fully saturated rings. The summed E-state index contributed by atoms with van der Waals surface area (Å²) in [6.07, 6.45) is 3.97. The molecule has 6 nitrogen and oxygen atoms in total. The Kier molecular flexibility index (Phi) is 8.04. The zero-order chi connectivity index (χ0) is 21.3. The Bertz CT molecular complexity index is 1000. The average Bonchev–Trinajstić information content (AvgIpc) is 2.71. The summed E-state index contributed by atoms with van der Waals surface area (Å²) in [4.78, 5) is 25.9. The number of nitrogens with zero attached hydrogens (tertiary/aromatic N) is 3. The minimum absolute atomic E-state index is 0.113. The van der Waals surface area contributed by atoms with Crippen LogP contribution in [0.3, 0.4) is 0 Å². The maximum Gasteiger partial charge on any atom is 0.255 e. The molecule has 1 aromatic carbocycles. The predicted molar refractivity (Wildman–Crippen MR) is 125 cm³/mol. The van der Waals surface area contributed by atoms with Crippen LogP contribution in [-0.2, 0) is 18.7 Å². The number of rotatable bonds is 10. The smallest absolute Gasteiger partial charge is 0.255 e. The second-order valence-electron chi connectivity index (χ2n) is 7.61. The van der Waals surface area contributed by atoms with Crippen LogP contribution in [0, 0.1) is 6.92 Å². The molecule has 0 saturated carbocycles. The molecule has 2 N–H and O–H groups in total. The largest absolute Gasteiger partial charge is 0.355 e. The molecule has 0 aliphatic rings. The Morgan fingerprint density at radius 2 is 1.90 bits per heavy atom. The first-order valence-corrected chi connectivity index (χ1v) is 11.2. The molecule has 2 aromatic heterocycles. The minimum atomic E-state index is -0.113. The predicted octanol–water partition coefficient (Wildman–Crippen LogP) is 3.47. The van der Waals surface area contributed by atoms with Gasteiger partial charge in [-0.25, -0.2) is 4.98 Å². The molecule has 3 aromatic rings. The maximum atomic E-state index is 12.3. The van der Waals surface area contributed by atoms with Gasteiger partial charge < -0.3 is 10.2 Å². The van der Waals surface area contributed by atoms with Gasteiger partial charge in [0.05, 0.1) is 0 Å². The lowest BCUT2D eigenvalue weighted by molar-refractivity contribution is 0.402. The average molecular weight is 424 g/mol. The molecular weight excluding hydrogens is 394 g/mol. The molecule has 7 heteroatoms. The van der Waals surface area contributed by atoms with Crippen LogP contribution in [0.4, 0.5) is 5.95 Å². The van der Waals surface area contributed by atoms with Crippen LogP contribution in [0.5, 0.6) is 0 Å². The zero-order valence-corrected chi connectivity index (χ0v) is 18.6. The fourth-order valence-corrected chi connectivity index (χ4v) is 3.88. The highest BCUT2D eigenvalue weighted by Crippen LogP contribution is 2.14. The molecule has 0 atom stereocenters. The summed E-state index contributed by atoms with van der Waals surface area (Å²) in [6.45, 7) is 3.64. The summed E-state index contributed by atoms with van der Waals surface area (Å²) in [7, 11) is 4.16. The number of aromatic amines is 1. The molecule has 0 aliphatic carbocycles. The number of hydrogen-bond donors (Lipinski definition) is 2. The molecule has 158 valence electrons. The van der Waals surface area contributed by atoms with E-state index in [1.165, 1.54) is 11.1 Å². The third kappa shape index (κ3) is 7.00. The van der Waals surface area contributed by atoms with E-state index in [2.05, 4.69) is 63.5 Å². The van der Waals surface area contributed by atoms with Crippen LogP contribution in [-0.4, -0.2) is 46.2 Å². The quantitative estimate of drug-likeness (QED) is 0.487. The van der Waals surface area contributed by atoms with Crippen molar-refractivity contribution in [3.05, 3.63) is 87.1 Å². The van der Waals surface area contributed by atoms with Crippen LogP contribution in [0.15, 0.2) is 53.6 Å². The highest BCUT2D eigenvalue weighted by Gasteiger charge is 2.05. The van der Waals surface area contributed by atoms with E-state index >= 15 is 0 Å². The molecule has 2 heterocycles. The zero-order valence-electron chi connectivity index (χ0n) is 17.8. The molecule has 0 unspecified atom stereocenters. The van der Waals surface area contributed by atoms with E-state index < -0.39 is 0 Å². The monoisotopic (exact) mass is 423 g/mol. The van der Waals surface area contributed by atoms with Crippen LogP contribution < -0.4 is 10.9 Å². The van der Waals surface area contributed by atoms with Crippen molar-refractivity contribution in [3.63, 3.8) is 0 Å². The molecule has 0 radical (unpaired) electrons. The summed E-state index contributed by atoms with van der Waals surface area (Å²) in [5.41, 5.74) is 5.15. The van der Waals surface area contributed by atoms with E-state index in [0.717, 1.165) is 35.9 Å². The lowest BCUT2D eigenvalue weighted by atomic mass is 10.1. The summed E-state index contributed by atoms with van der Waals surface area (Å²) < 4.78 is 0. The fraction of sp³-hybridized carbons (Fsp3) is 0.348. The van der Waals surface area contributed by atoms with Crippen molar-refractivity contribution in [1.29, 1.82) is 0 Å². The maximum absolute atomic E-state index is 12.3. The number of pyridine rings is 1. The minimum Gasteiger partial charge on any atom is -0.355 e. The van der Waals surface area contributed by atoms with Gasteiger partial charge in [0.25, 0.3) is 5.56 Å². The molecule has 30 heavy (non-hydrogen) atoms. The number of hydrogen-bond acceptors (Lipinski definition) is 6. The first-order chi connectivity index (χ1) is 14.5. The Labute approximate surface area is 182 Å². The topological polar surface area (TPSA) is 73.9 Å².